The van der Waals surface area contributed by atoms with E-state index in [9.17, 15) is 4.79 Å². The van der Waals surface area contributed by atoms with Gasteiger partial charge in [-0.1, -0.05) is 5.16 Å². The van der Waals surface area contributed by atoms with Gasteiger partial charge in [0, 0.05) is 0 Å². The molecule has 0 aliphatic heterocycles. The van der Waals surface area contributed by atoms with E-state index in [4.69, 9.17) is 10.8 Å². The zero-order valence-corrected chi connectivity index (χ0v) is 6.99. The molecule has 1 aromatic rings. The molecule has 0 unspecified atom stereocenters. The van der Waals surface area contributed by atoms with Crippen molar-refractivity contribution in [3.63, 3.8) is 0 Å². The highest BCUT2D eigenvalue weighted by Gasteiger charge is 2.28. The van der Waals surface area contributed by atoms with Gasteiger partial charge in [-0.05, 0) is 25.2 Å². The quantitative estimate of drug-likeness (QED) is 0.725. The first-order valence-corrected chi connectivity index (χ1v) is 4.16. The highest BCUT2D eigenvalue weighted by Crippen LogP contribution is 2.33. The minimum absolute atomic E-state index is 0.0342. The van der Waals surface area contributed by atoms with Crippen LogP contribution in [0.2, 0.25) is 0 Å². The Hall–Kier alpha value is -1.52. The molecule has 3 N–H and O–H groups in total. The second-order valence-corrected chi connectivity index (χ2v) is 3.32. The maximum atomic E-state index is 10.7. The van der Waals surface area contributed by atoms with Gasteiger partial charge in [-0.3, -0.25) is 0 Å². The van der Waals surface area contributed by atoms with E-state index in [1.807, 2.05) is 0 Å². The van der Waals surface area contributed by atoms with Crippen molar-refractivity contribution in [3.8, 4) is 0 Å². The number of aromatic carboxylic acids is 1. The normalized spacial score (nSPS) is 16.0. The minimum Gasteiger partial charge on any atom is -0.477 e. The predicted octanol–water partition coefficient (Wildman–Crippen LogP) is 0.907. The van der Waals surface area contributed by atoms with Gasteiger partial charge in [-0.25, -0.2) is 4.79 Å². The molecule has 1 aliphatic rings. The van der Waals surface area contributed by atoms with Crippen LogP contribution in [0.4, 0.5) is 5.88 Å². The lowest BCUT2D eigenvalue weighted by atomic mass is 10.1. The zero-order valence-electron chi connectivity index (χ0n) is 6.99. The molecule has 5 heteroatoms. The number of hydrogen-bond donors (Lipinski definition) is 2. The molecule has 1 heterocycles. The lowest BCUT2D eigenvalue weighted by Gasteiger charge is -1.93. The second kappa shape index (κ2) is 2.76. The molecule has 1 saturated carbocycles. The Kier molecular flexibility index (Phi) is 1.72. The molecule has 13 heavy (non-hydrogen) atoms. The van der Waals surface area contributed by atoms with Gasteiger partial charge < -0.3 is 15.4 Å². The lowest BCUT2D eigenvalue weighted by Crippen LogP contribution is -2.03. The Balaban J connectivity index is 2.27. The summed E-state index contributed by atoms with van der Waals surface area (Å²) >= 11 is 0. The van der Waals surface area contributed by atoms with Crippen LogP contribution in [0.1, 0.15) is 28.9 Å². The van der Waals surface area contributed by atoms with Crippen molar-refractivity contribution in [2.24, 2.45) is 5.92 Å². The molecule has 0 atom stereocenters. The summed E-state index contributed by atoms with van der Waals surface area (Å²) in [7, 11) is 0. The molecule has 0 spiro atoms. The Labute approximate surface area is 74.5 Å². The van der Waals surface area contributed by atoms with Gasteiger partial charge in [0.25, 0.3) is 0 Å². The van der Waals surface area contributed by atoms with Crippen LogP contribution in [0.25, 0.3) is 0 Å². The number of carboxylic acids is 1. The average Bonchev–Trinajstić information content (AvgIpc) is 2.76. The van der Waals surface area contributed by atoms with Gasteiger partial charge in [-0.15, -0.1) is 0 Å². The molecule has 0 aromatic carbocycles. The summed E-state index contributed by atoms with van der Waals surface area (Å²) in [5.74, 6) is -0.583. The minimum atomic E-state index is -1.06. The van der Waals surface area contributed by atoms with Crippen LogP contribution >= 0.6 is 0 Å². The third-order valence-corrected chi connectivity index (χ3v) is 2.18. The molecule has 2 rings (SSSR count). The van der Waals surface area contributed by atoms with Crippen LogP contribution in [-0.2, 0) is 6.42 Å². The number of nitrogen functional groups attached to an aromatic ring is 1. The first-order valence-electron chi connectivity index (χ1n) is 4.16. The summed E-state index contributed by atoms with van der Waals surface area (Å²) in [6.45, 7) is 0. The fraction of sp³-hybridized carbons (Fsp3) is 0.500. The van der Waals surface area contributed by atoms with Gasteiger partial charge >= 0.3 is 5.97 Å². The Bertz CT molecular complexity index is 341. The van der Waals surface area contributed by atoms with Crippen molar-refractivity contribution in [2.45, 2.75) is 19.3 Å². The first-order chi connectivity index (χ1) is 6.18. The van der Waals surface area contributed by atoms with E-state index in [2.05, 4.69) is 9.68 Å². The molecule has 0 amide bonds. The molecule has 0 bridgehead atoms. The van der Waals surface area contributed by atoms with E-state index >= 15 is 0 Å². The van der Waals surface area contributed by atoms with Crippen molar-refractivity contribution in [3.05, 3.63) is 11.3 Å². The number of hydrogen-bond acceptors (Lipinski definition) is 4. The molecule has 70 valence electrons. The monoisotopic (exact) mass is 182 g/mol. The van der Waals surface area contributed by atoms with E-state index in [1.165, 1.54) is 0 Å². The summed E-state index contributed by atoms with van der Waals surface area (Å²) in [4.78, 5) is 10.7. The number of carboxylic acid groups (broad SMARTS) is 1. The Morgan fingerprint density at radius 2 is 2.38 bits per heavy atom. The maximum absolute atomic E-state index is 10.7. The van der Waals surface area contributed by atoms with Crippen molar-refractivity contribution in [1.82, 2.24) is 5.16 Å². The molecule has 1 aliphatic carbocycles. The molecular formula is C8H10N2O3. The first kappa shape index (κ1) is 8.10. The van der Waals surface area contributed by atoms with Crippen LogP contribution in [0, 0.1) is 5.92 Å². The molecule has 1 aromatic heterocycles. The molecule has 0 radical (unpaired) electrons. The third kappa shape index (κ3) is 1.49. The summed E-state index contributed by atoms with van der Waals surface area (Å²) in [6.07, 6.45) is 2.96. The largest absolute Gasteiger partial charge is 0.477 e. The van der Waals surface area contributed by atoms with E-state index in [0.717, 1.165) is 12.8 Å². The van der Waals surface area contributed by atoms with Gasteiger partial charge in [0.2, 0.25) is 5.88 Å². The second-order valence-electron chi connectivity index (χ2n) is 3.32. The Morgan fingerprint density at radius 3 is 2.92 bits per heavy atom. The SMILES string of the molecule is Nc1onc(CC2CC2)c1C(=O)O. The van der Waals surface area contributed by atoms with Crippen molar-refractivity contribution < 1.29 is 14.4 Å². The van der Waals surface area contributed by atoms with Crippen LogP contribution in [0.15, 0.2) is 4.52 Å². The Morgan fingerprint density at radius 1 is 1.69 bits per heavy atom. The zero-order chi connectivity index (χ0) is 9.42. The van der Waals surface area contributed by atoms with Crippen LogP contribution in [0.3, 0.4) is 0 Å². The number of aromatic nitrogens is 1. The summed E-state index contributed by atoms with van der Waals surface area (Å²) in [5, 5.41) is 12.4. The number of anilines is 1. The molecule has 1 fully saturated rings. The summed E-state index contributed by atoms with van der Waals surface area (Å²) < 4.78 is 4.63. The van der Waals surface area contributed by atoms with Gasteiger partial charge in [0.15, 0.2) is 0 Å². The van der Waals surface area contributed by atoms with Crippen LogP contribution in [-0.4, -0.2) is 16.2 Å². The van der Waals surface area contributed by atoms with Crippen molar-refractivity contribution in [1.29, 1.82) is 0 Å². The maximum Gasteiger partial charge on any atom is 0.343 e. The van der Waals surface area contributed by atoms with Crippen LogP contribution in [0.5, 0.6) is 0 Å². The fourth-order valence-corrected chi connectivity index (χ4v) is 1.30. The lowest BCUT2D eigenvalue weighted by molar-refractivity contribution is 0.0696. The number of rotatable bonds is 3. The van der Waals surface area contributed by atoms with Crippen LogP contribution < -0.4 is 5.73 Å². The highest BCUT2D eigenvalue weighted by atomic mass is 16.5. The van der Waals surface area contributed by atoms with Crippen molar-refractivity contribution >= 4 is 11.9 Å². The van der Waals surface area contributed by atoms with Gasteiger partial charge in [-0.2, -0.15) is 0 Å². The number of nitrogens with zero attached hydrogens (tertiary/aromatic N) is 1. The summed E-state index contributed by atoms with van der Waals surface area (Å²) in [5.41, 5.74) is 5.84. The standard InChI is InChI=1S/C8H10N2O3/c9-7-6(8(11)12)5(10-13-7)3-4-1-2-4/h4H,1-3,9H2,(H,11,12). The highest BCUT2D eigenvalue weighted by molar-refractivity contribution is 5.93. The summed E-state index contributed by atoms with van der Waals surface area (Å²) in [6, 6.07) is 0. The van der Waals surface area contributed by atoms with E-state index in [-0.39, 0.29) is 11.4 Å². The third-order valence-electron chi connectivity index (χ3n) is 2.18. The molecule has 0 saturated heterocycles. The van der Waals surface area contributed by atoms with E-state index in [1.54, 1.807) is 0 Å². The van der Waals surface area contributed by atoms with Crippen molar-refractivity contribution in [2.75, 3.05) is 5.73 Å². The predicted molar refractivity (Wildman–Crippen MR) is 44.3 cm³/mol. The topological polar surface area (TPSA) is 89.4 Å². The fourth-order valence-electron chi connectivity index (χ4n) is 1.30. The van der Waals surface area contributed by atoms with E-state index < -0.39 is 5.97 Å². The molecular weight excluding hydrogens is 172 g/mol. The average molecular weight is 182 g/mol. The number of nitrogens with two attached hydrogens (primary N) is 1. The van der Waals surface area contributed by atoms with Gasteiger partial charge in [0.05, 0.1) is 0 Å². The van der Waals surface area contributed by atoms with Gasteiger partial charge in [0.1, 0.15) is 11.3 Å². The van der Waals surface area contributed by atoms with E-state index in [0.29, 0.717) is 18.0 Å². The molecule has 5 nitrogen and oxygen atoms in total. The number of carbonyl (C=O) groups is 1. The smallest absolute Gasteiger partial charge is 0.343 e.